The van der Waals surface area contributed by atoms with Crippen LogP contribution in [0.2, 0.25) is 0 Å². The molecular weight excluding hydrogens is 1840 g/mol. The molecule has 9 rings (SSSR count). The Morgan fingerprint density at radius 3 is 1.87 bits per heavy atom. The number of fused-ring (bicyclic) bond motifs is 4. The average molecular weight is 1990 g/mol. The van der Waals surface area contributed by atoms with Crippen molar-refractivity contribution in [3.63, 3.8) is 0 Å². The summed E-state index contributed by atoms with van der Waals surface area (Å²) in [4.78, 5) is 189. The molecule has 3 heterocycles. The number of nitrogens with one attached hydrogen (secondary N) is 8. The van der Waals surface area contributed by atoms with Crippen molar-refractivity contribution in [2.45, 2.75) is 245 Å². The number of nitrogens with two attached hydrogens (primary N) is 1. The maximum Gasteiger partial charge on any atom is 0.424 e. The Bertz CT molecular complexity index is 5280. The molecule has 2 aliphatic rings. The van der Waals surface area contributed by atoms with E-state index in [4.69, 9.17) is 38.9 Å². The first-order valence-electron chi connectivity index (χ1n) is 49.1. The number of amides is 13. The number of rotatable bonds is 55. The number of anilines is 1. The van der Waals surface area contributed by atoms with Gasteiger partial charge in [-0.25, -0.2) is 29.4 Å². The first-order valence-corrected chi connectivity index (χ1v) is 50.0. The number of primary amides is 1. The number of hydrazine groups is 1. The summed E-state index contributed by atoms with van der Waals surface area (Å²) in [6, 6.07) is 34.4. The number of aryl methyl sites for hydroxylation is 1. The molecule has 0 radical (unpaired) electrons. The van der Waals surface area contributed by atoms with E-state index in [1.807, 2.05) is 116 Å². The second-order valence-electron chi connectivity index (χ2n) is 38.5. The quantitative estimate of drug-likeness (QED) is 0.00740. The van der Waals surface area contributed by atoms with Gasteiger partial charge in [-0.3, -0.25) is 52.8 Å². The van der Waals surface area contributed by atoms with Crippen LogP contribution >= 0.6 is 11.3 Å². The third kappa shape index (κ3) is 32.8. The summed E-state index contributed by atoms with van der Waals surface area (Å²) in [6.07, 6.45) is 1.07. The van der Waals surface area contributed by atoms with Crippen LogP contribution in [-0.4, -0.2) is 267 Å². The Hall–Kier alpha value is -12.4. The number of methoxy groups -OCH3 is 2. The number of esters is 1. The number of benzene rings is 5. The molecule has 1 fully saturated rings. The number of likely N-dealkylation sites (N-methyl/N-ethyl adjacent to an activating group) is 2. The predicted octanol–water partition coefficient (Wildman–Crippen LogP) is 11.3. The van der Waals surface area contributed by atoms with Gasteiger partial charge >= 0.3 is 24.2 Å². The third-order valence-corrected chi connectivity index (χ3v) is 26.8. The van der Waals surface area contributed by atoms with Gasteiger partial charge in [-0.15, -0.1) is 11.3 Å². The minimum Gasteiger partial charge on any atom is -0.460 e. The highest BCUT2D eigenvalue weighted by atomic mass is 32.1. The number of hydrogen-bond donors (Lipinski definition) is 9. The molecule has 12 atom stereocenters. The highest BCUT2D eigenvalue weighted by Gasteiger charge is 2.45. The van der Waals surface area contributed by atoms with Gasteiger partial charge in [0.1, 0.15) is 54.0 Å². The molecule has 2 aromatic heterocycles. The van der Waals surface area contributed by atoms with Crippen molar-refractivity contribution in [3.05, 3.63) is 178 Å². The average Bonchev–Trinajstić information content (AvgIpc) is 1.62. The number of likely N-dealkylation sites (tertiary alicyclic amines) is 1. The number of para-hydroxylation sites is 1. The largest absolute Gasteiger partial charge is 0.460 e. The number of carbonyl (C=O) groups excluding carboxylic acids is 13. The Kier molecular flexibility index (Phi) is 44.1. The zero-order valence-corrected chi connectivity index (χ0v) is 86.2. The standard InChI is InChI=1S/C105H148N16O20S/c1-19-68(8)93(85(135-17)61-88(124)121-52-30-40-84(121)94(136-18)69(9)95(126)113-82(100-108-51-58-142-100)59-70-31-21-20-22-32-70)117(14)101(131)91(66(4)5)115-99(130)92(67(6)7)118(15)103(133)139-63-71-41-43-73(44-42-71)110-97(128)80(38-29-49-109-102(106)132)112-98(129)90(65(2)3)114-87(123)48-54-137-56-57-138-55-50-107-96(127)81(45-46-89(125)141-105(10,11)12)111-86(122)47-53-120-74(60-72-33-23-28-39-83(72)120)62-116(13)119(16)104(134)140-64-79-77-36-26-24-34-75(77)76-35-25-27-37-78(76)79/h20-28,31-37,39,41-44,51,58,60,65-69,79-82,84-85,90-94H,19,29-30,38,40,45-50,52-57,59,61-64H2,1-18H3,(H,107,127)(H,110,128)(H,111,122)(H,112,129)(H,113,126)(H,114,123)(H,115,130)(H3,106,109,132)/t68-,69+,80-,81-,82-,84-,85+,90-,91-,92-,93-,94+/m0/s1. The SMILES string of the molecule is CC[C@H](C)[C@@H]([C@@H](CC(=O)N1CCC[C@H]1[C@H](OC)[C@@H](C)C(=O)N[C@@H](Cc1ccccc1)c1nccs1)OC)N(C)C(=O)[C@@H](NC(=O)[C@H](C(C)C)N(C)C(=O)OCc1ccc(NC(=O)[C@H](CCCNC(N)=O)NC(=O)[C@@H](NC(=O)CCOCCOCCNC(=O)[C@H](CCC(=O)OC(C)(C)C)NC(=O)CCn2c(CN(C)N(C)C(=O)OCC3c4ccccc4-c4ccccc43)cc3ccccc32)C(C)C)cc1)C(C)C. The van der Waals surface area contributed by atoms with Gasteiger partial charge < -0.3 is 95.8 Å². The zero-order valence-electron chi connectivity index (χ0n) is 85.4. The van der Waals surface area contributed by atoms with E-state index in [1.165, 1.54) is 35.4 Å². The minimum atomic E-state index is -1.18. The molecule has 10 N–H and O–H groups in total. The summed E-state index contributed by atoms with van der Waals surface area (Å²) < 4.78 is 43.0. The van der Waals surface area contributed by atoms with Crippen molar-refractivity contribution < 1.29 is 95.5 Å². The molecule has 0 bridgehead atoms. The Labute approximate surface area is 838 Å². The normalized spacial score (nSPS) is 15.3. The highest BCUT2D eigenvalue weighted by Crippen LogP contribution is 2.45. The molecule has 142 heavy (non-hydrogen) atoms. The van der Waals surface area contributed by atoms with Crippen LogP contribution in [0.1, 0.15) is 192 Å². The maximum absolute atomic E-state index is 15.0. The van der Waals surface area contributed by atoms with E-state index < -0.39 is 149 Å². The summed E-state index contributed by atoms with van der Waals surface area (Å²) in [6.45, 7) is 22.6. The number of nitrogens with zero attached hydrogens (tertiary/aromatic N) is 7. The van der Waals surface area contributed by atoms with E-state index >= 15 is 4.79 Å². The van der Waals surface area contributed by atoms with E-state index in [-0.39, 0.29) is 140 Å². The fraction of sp³-hybridized carbons (Fsp3) is 0.543. The molecule has 13 amide bonds. The summed E-state index contributed by atoms with van der Waals surface area (Å²) >= 11 is 1.46. The topological polar surface area (TPSA) is 443 Å². The van der Waals surface area contributed by atoms with Crippen LogP contribution in [0, 0.1) is 29.6 Å². The lowest BCUT2D eigenvalue weighted by atomic mass is 9.89. The number of aromatic nitrogens is 2. The van der Waals surface area contributed by atoms with Crippen LogP contribution < -0.4 is 48.3 Å². The summed E-state index contributed by atoms with van der Waals surface area (Å²) in [5.74, 6) is -7.17. The van der Waals surface area contributed by atoms with Gasteiger partial charge in [0, 0.05) is 122 Å². The second-order valence-corrected chi connectivity index (χ2v) is 39.4. The molecule has 1 aliphatic heterocycles. The predicted molar refractivity (Wildman–Crippen MR) is 540 cm³/mol. The second kappa shape index (κ2) is 55.3. The van der Waals surface area contributed by atoms with Gasteiger partial charge in [-0.05, 0) is 146 Å². The first-order chi connectivity index (χ1) is 67.7. The van der Waals surface area contributed by atoms with Crippen molar-refractivity contribution in [2.75, 3.05) is 100 Å². The smallest absolute Gasteiger partial charge is 0.424 e. The molecule has 774 valence electrons. The number of thiazole rings is 1. The van der Waals surface area contributed by atoms with Crippen molar-refractivity contribution in [1.82, 2.24) is 71.5 Å². The Balaban J connectivity index is 0.706. The van der Waals surface area contributed by atoms with Crippen molar-refractivity contribution in [3.8, 4) is 11.1 Å². The minimum absolute atomic E-state index is 0.0285. The number of hydrogen-bond acceptors (Lipinski definition) is 23. The first kappa shape index (κ1) is 113. The maximum atomic E-state index is 15.0. The molecular formula is C105H148N16O20S. The monoisotopic (exact) mass is 1990 g/mol. The molecule has 0 spiro atoms. The van der Waals surface area contributed by atoms with Crippen LogP contribution in [0.15, 0.2) is 145 Å². The van der Waals surface area contributed by atoms with E-state index in [1.54, 1.807) is 136 Å². The van der Waals surface area contributed by atoms with Crippen LogP contribution in [0.5, 0.6) is 0 Å². The summed E-state index contributed by atoms with van der Waals surface area (Å²) in [5, 5.41) is 29.4. The summed E-state index contributed by atoms with van der Waals surface area (Å²) in [7, 11) is 9.56. The van der Waals surface area contributed by atoms with Crippen molar-refractivity contribution in [1.29, 1.82) is 0 Å². The molecule has 1 aliphatic carbocycles. The number of ether oxygens (including phenoxy) is 7. The van der Waals surface area contributed by atoms with E-state index in [0.717, 1.165) is 49.4 Å². The van der Waals surface area contributed by atoms with Crippen LogP contribution in [-0.2, 0) is 107 Å². The van der Waals surface area contributed by atoms with Gasteiger partial charge in [0.15, 0.2) is 0 Å². The Morgan fingerprint density at radius 2 is 1.25 bits per heavy atom. The van der Waals surface area contributed by atoms with Gasteiger partial charge in [0.2, 0.25) is 53.2 Å². The van der Waals surface area contributed by atoms with Crippen molar-refractivity contribution >= 4 is 105 Å². The highest BCUT2D eigenvalue weighted by molar-refractivity contribution is 7.09. The fourth-order valence-electron chi connectivity index (χ4n) is 18.2. The molecule has 5 aromatic carbocycles. The molecule has 7 aromatic rings. The molecule has 1 saturated heterocycles. The zero-order chi connectivity index (χ0) is 104. The van der Waals surface area contributed by atoms with Crippen LogP contribution in [0.25, 0.3) is 22.0 Å². The Morgan fingerprint density at radius 1 is 0.606 bits per heavy atom. The molecule has 0 unspecified atom stereocenters. The van der Waals surface area contributed by atoms with E-state index in [9.17, 15) is 57.5 Å². The third-order valence-electron chi connectivity index (χ3n) is 26.0. The lowest BCUT2D eigenvalue weighted by molar-refractivity contribution is -0.155. The van der Waals surface area contributed by atoms with Gasteiger partial charge in [-0.2, -0.15) is 0 Å². The van der Waals surface area contributed by atoms with E-state index in [0.29, 0.717) is 43.5 Å². The van der Waals surface area contributed by atoms with Gasteiger partial charge in [0.05, 0.1) is 75.6 Å². The lowest BCUT2D eigenvalue weighted by Gasteiger charge is -2.41. The van der Waals surface area contributed by atoms with Gasteiger partial charge in [-0.1, -0.05) is 178 Å². The lowest BCUT2D eigenvalue weighted by Crippen LogP contribution is -2.60. The summed E-state index contributed by atoms with van der Waals surface area (Å²) in [5.41, 5.74) is 12.5. The van der Waals surface area contributed by atoms with Crippen LogP contribution in [0.3, 0.4) is 0 Å². The molecule has 36 nitrogen and oxygen atoms in total. The number of urea groups is 1. The van der Waals surface area contributed by atoms with Crippen LogP contribution in [0.4, 0.5) is 20.1 Å². The van der Waals surface area contributed by atoms with Crippen molar-refractivity contribution in [2.24, 2.45) is 35.3 Å². The van der Waals surface area contributed by atoms with E-state index in [2.05, 4.69) is 71.8 Å². The molecule has 0 saturated carbocycles. The van der Waals surface area contributed by atoms with Gasteiger partial charge in [0.25, 0.3) is 0 Å². The molecule has 37 heteroatoms. The number of carbonyl (C=O) groups is 13. The fourth-order valence-corrected chi connectivity index (χ4v) is 18.8.